The molecule has 1 heterocycles. The third-order valence-electron chi connectivity index (χ3n) is 2.85. The normalized spacial score (nSPS) is 21.6. The van der Waals surface area contributed by atoms with Crippen LogP contribution in [-0.4, -0.2) is 25.5 Å². The lowest BCUT2D eigenvalue weighted by Crippen LogP contribution is -2.27. The molecule has 78 valence electrons. The minimum Gasteiger partial charge on any atom is -0.356 e. The van der Waals surface area contributed by atoms with Gasteiger partial charge in [-0.15, -0.1) is 0 Å². The zero-order chi connectivity index (χ0) is 9.80. The molecule has 2 aliphatic rings. The quantitative estimate of drug-likeness (QED) is 0.651. The molecule has 14 heavy (non-hydrogen) atoms. The average Bonchev–Trinajstić information content (AvgIpc) is 3.02. The summed E-state index contributed by atoms with van der Waals surface area (Å²) >= 11 is 0. The van der Waals surface area contributed by atoms with Crippen molar-refractivity contribution in [1.82, 2.24) is 10.6 Å². The number of carbonyl (C=O) groups is 1. The van der Waals surface area contributed by atoms with Crippen LogP contribution in [0.4, 0.5) is 0 Å². The first kappa shape index (κ1) is 9.71. The first-order chi connectivity index (χ1) is 6.86. The van der Waals surface area contributed by atoms with Crippen LogP contribution >= 0.6 is 0 Å². The second kappa shape index (κ2) is 4.60. The van der Waals surface area contributed by atoms with Gasteiger partial charge in [-0.1, -0.05) is 11.6 Å². The molecule has 0 spiro atoms. The van der Waals surface area contributed by atoms with Gasteiger partial charge < -0.3 is 10.6 Å². The molecule has 0 bridgehead atoms. The highest BCUT2D eigenvalue weighted by atomic mass is 16.2. The minimum absolute atomic E-state index is 0.263. The highest BCUT2D eigenvalue weighted by molar-refractivity contribution is 5.80. The Hall–Kier alpha value is -0.830. The van der Waals surface area contributed by atoms with Crippen LogP contribution in [0.3, 0.4) is 0 Å². The van der Waals surface area contributed by atoms with E-state index in [1.54, 1.807) is 0 Å². The third-order valence-corrected chi connectivity index (χ3v) is 2.85. The molecule has 1 fully saturated rings. The van der Waals surface area contributed by atoms with E-state index in [9.17, 15) is 4.79 Å². The molecule has 0 aromatic carbocycles. The lowest BCUT2D eigenvalue weighted by atomic mass is 10.1. The van der Waals surface area contributed by atoms with E-state index in [0.29, 0.717) is 5.92 Å². The Morgan fingerprint density at radius 1 is 1.57 bits per heavy atom. The van der Waals surface area contributed by atoms with Crippen molar-refractivity contribution in [2.45, 2.75) is 25.7 Å². The Morgan fingerprint density at radius 3 is 3.07 bits per heavy atom. The zero-order valence-electron chi connectivity index (χ0n) is 8.51. The van der Waals surface area contributed by atoms with Gasteiger partial charge in [0.05, 0.1) is 0 Å². The van der Waals surface area contributed by atoms with Crippen LogP contribution in [0.25, 0.3) is 0 Å². The Labute approximate surface area is 84.9 Å². The molecule has 0 unspecified atom stereocenters. The van der Waals surface area contributed by atoms with Crippen LogP contribution in [0.5, 0.6) is 0 Å². The fraction of sp³-hybridized carbons (Fsp3) is 0.727. The van der Waals surface area contributed by atoms with Gasteiger partial charge in [0.2, 0.25) is 5.91 Å². The van der Waals surface area contributed by atoms with Gasteiger partial charge in [-0.3, -0.25) is 4.79 Å². The van der Waals surface area contributed by atoms with E-state index in [4.69, 9.17) is 0 Å². The van der Waals surface area contributed by atoms with Crippen molar-refractivity contribution in [3.05, 3.63) is 11.6 Å². The van der Waals surface area contributed by atoms with Crippen molar-refractivity contribution in [3.63, 3.8) is 0 Å². The van der Waals surface area contributed by atoms with E-state index >= 15 is 0 Å². The summed E-state index contributed by atoms with van der Waals surface area (Å²) in [5.74, 6) is 0.608. The molecule has 2 rings (SSSR count). The number of carbonyl (C=O) groups excluding carboxylic acids is 1. The van der Waals surface area contributed by atoms with Gasteiger partial charge in [-0.05, 0) is 32.2 Å². The molecule has 0 radical (unpaired) electrons. The Bertz CT molecular complexity index is 244. The Balaban J connectivity index is 1.61. The maximum Gasteiger partial charge on any atom is 0.223 e. The number of nitrogens with one attached hydrogen (secondary N) is 2. The summed E-state index contributed by atoms with van der Waals surface area (Å²) in [6.07, 6.45) is 6.60. The molecule has 0 aromatic heterocycles. The largest absolute Gasteiger partial charge is 0.356 e. The summed E-state index contributed by atoms with van der Waals surface area (Å²) in [5, 5.41) is 6.27. The predicted octanol–water partition coefficient (Wildman–Crippen LogP) is 0.822. The summed E-state index contributed by atoms with van der Waals surface area (Å²) in [7, 11) is 0. The second-order valence-electron chi connectivity index (χ2n) is 4.13. The first-order valence-electron chi connectivity index (χ1n) is 5.52. The molecule has 1 amide bonds. The standard InChI is InChI=1S/C11H18N2O/c14-11(10-1-2-10)13-8-5-9-3-6-12-7-4-9/h3,10,12H,1-2,4-8H2,(H,13,14). The summed E-state index contributed by atoms with van der Waals surface area (Å²) in [4.78, 5) is 11.3. The maximum absolute atomic E-state index is 11.3. The van der Waals surface area contributed by atoms with Crippen molar-refractivity contribution >= 4 is 5.91 Å². The molecule has 3 heteroatoms. The van der Waals surface area contributed by atoms with Crippen molar-refractivity contribution in [2.75, 3.05) is 19.6 Å². The highest BCUT2D eigenvalue weighted by Crippen LogP contribution is 2.28. The number of rotatable bonds is 4. The van der Waals surface area contributed by atoms with Crippen LogP contribution in [0, 0.1) is 5.92 Å². The smallest absolute Gasteiger partial charge is 0.223 e. The van der Waals surface area contributed by atoms with Gasteiger partial charge in [0.25, 0.3) is 0 Å². The third kappa shape index (κ3) is 2.84. The fourth-order valence-corrected chi connectivity index (χ4v) is 1.73. The van der Waals surface area contributed by atoms with Gasteiger partial charge in [0, 0.05) is 19.0 Å². The number of hydrogen-bond donors (Lipinski definition) is 2. The van der Waals surface area contributed by atoms with Crippen molar-refractivity contribution in [2.24, 2.45) is 5.92 Å². The fourth-order valence-electron chi connectivity index (χ4n) is 1.73. The van der Waals surface area contributed by atoms with E-state index in [2.05, 4.69) is 16.7 Å². The summed E-state index contributed by atoms with van der Waals surface area (Å²) in [6.45, 7) is 2.90. The summed E-state index contributed by atoms with van der Waals surface area (Å²) < 4.78 is 0. The zero-order valence-corrected chi connectivity index (χ0v) is 8.51. The van der Waals surface area contributed by atoms with E-state index in [-0.39, 0.29) is 5.91 Å². The van der Waals surface area contributed by atoms with Crippen molar-refractivity contribution in [3.8, 4) is 0 Å². The molecule has 0 atom stereocenters. The van der Waals surface area contributed by atoms with Crippen molar-refractivity contribution < 1.29 is 4.79 Å². The summed E-state index contributed by atoms with van der Waals surface area (Å²) in [6, 6.07) is 0. The molecule has 1 aliphatic heterocycles. The molecular weight excluding hydrogens is 176 g/mol. The molecule has 3 nitrogen and oxygen atoms in total. The van der Waals surface area contributed by atoms with E-state index in [1.165, 1.54) is 5.57 Å². The molecule has 0 saturated heterocycles. The predicted molar refractivity (Wildman–Crippen MR) is 55.9 cm³/mol. The van der Waals surface area contributed by atoms with Crippen molar-refractivity contribution in [1.29, 1.82) is 0 Å². The van der Waals surface area contributed by atoms with Crippen LogP contribution in [0.15, 0.2) is 11.6 Å². The number of amides is 1. The monoisotopic (exact) mass is 194 g/mol. The Kier molecular flexibility index (Phi) is 3.19. The van der Waals surface area contributed by atoms with Crippen LogP contribution in [0.1, 0.15) is 25.7 Å². The van der Waals surface area contributed by atoms with Crippen LogP contribution in [0.2, 0.25) is 0 Å². The van der Waals surface area contributed by atoms with Gasteiger partial charge >= 0.3 is 0 Å². The molecular formula is C11H18N2O. The number of hydrogen-bond acceptors (Lipinski definition) is 2. The lowest BCUT2D eigenvalue weighted by Gasteiger charge is -2.14. The second-order valence-corrected chi connectivity index (χ2v) is 4.13. The highest BCUT2D eigenvalue weighted by Gasteiger charge is 2.28. The molecule has 0 aromatic rings. The summed E-state index contributed by atoms with van der Waals surface area (Å²) in [5.41, 5.74) is 1.49. The topological polar surface area (TPSA) is 41.1 Å². The average molecular weight is 194 g/mol. The molecule has 2 N–H and O–H groups in total. The minimum atomic E-state index is 0.263. The molecule has 1 aliphatic carbocycles. The van der Waals surface area contributed by atoms with Gasteiger partial charge in [-0.2, -0.15) is 0 Å². The maximum atomic E-state index is 11.3. The van der Waals surface area contributed by atoms with E-state index in [0.717, 1.165) is 45.3 Å². The lowest BCUT2D eigenvalue weighted by molar-refractivity contribution is -0.122. The van der Waals surface area contributed by atoms with Gasteiger partial charge in [0.1, 0.15) is 0 Å². The van der Waals surface area contributed by atoms with Crippen LogP contribution in [-0.2, 0) is 4.79 Å². The van der Waals surface area contributed by atoms with E-state index in [1.807, 2.05) is 0 Å². The van der Waals surface area contributed by atoms with Crippen LogP contribution < -0.4 is 10.6 Å². The first-order valence-corrected chi connectivity index (χ1v) is 5.52. The Morgan fingerprint density at radius 2 is 2.43 bits per heavy atom. The van der Waals surface area contributed by atoms with Gasteiger partial charge in [0.15, 0.2) is 0 Å². The van der Waals surface area contributed by atoms with E-state index < -0.39 is 0 Å². The SMILES string of the molecule is O=C(NCCC1=CCNCC1)C1CC1. The van der Waals surface area contributed by atoms with Gasteiger partial charge in [-0.25, -0.2) is 0 Å². The molecule has 1 saturated carbocycles.